The SMILES string of the molecule is COc1cc(Br)cc(F)c1C1C(=O)c2c(c3ccc2o3)C1=O. The number of fused-ring (bicyclic) bond motifs is 5. The van der Waals surface area contributed by atoms with Gasteiger partial charge in [0.25, 0.3) is 0 Å². The average Bonchev–Trinajstić information content (AvgIpc) is 3.14. The first-order chi connectivity index (χ1) is 10.5. The van der Waals surface area contributed by atoms with Crippen LogP contribution in [0.3, 0.4) is 0 Å². The van der Waals surface area contributed by atoms with Crippen LogP contribution in [0.1, 0.15) is 32.2 Å². The van der Waals surface area contributed by atoms with E-state index in [1.54, 1.807) is 12.1 Å². The fourth-order valence-corrected chi connectivity index (χ4v) is 3.43. The zero-order valence-electron chi connectivity index (χ0n) is 11.3. The van der Waals surface area contributed by atoms with E-state index >= 15 is 0 Å². The molecule has 1 aliphatic rings. The van der Waals surface area contributed by atoms with E-state index in [2.05, 4.69) is 15.9 Å². The van der Waals surface area contributed by atoms with Crippen LogP contribution in [0, 0.1) is 5.82 Å². The average molecular weight is 363 g/mol. The lowest BCUT2D eigenvalue weighted by Crippen LogP contribution is -2.16. The quantitative estimate of drug-likeness (QED) is 0.647. The monoisotopic (exact) mass is 362 g/mol. The number of methoxy groups -OCH3 is 1. The molecule has 110 valence electrons. The third-order valence-corrected chi connectivity index (χ3v) is 4.39. The maximum atomic E-state index is 14.4. The molecule has 6 heteroatoms. The molecule has 4 nitrogen and oxygen atoms in total. The van der Waals surface area contributed by atoms with Gasteiger partial charge in [-0.2, -0.15) is 0 Å². The van der Waals surface area contributed by atoms with Crippen molar-refractivity contribution < 1.29 is 23.1 Å². The van der Waals surface area contributed by atoms with Crippen LogP contribution in [0.2, 0.25) is 0 Å². The second kappa shape index (κ2) is 4.39. The second-order valence-electron chi connectivity index (χ2n) is 5.08. The molecule has 0 N–H and O–H groups in total. The summed E-state index contributed by atoms with van der Waals surface area (Å²) in [7, 11) is 1.37. The molecule has 0 atom stereocenters. The number of hydrogen-bond donors (Lipinski definition) is 0. The number of furan rings is 2. The standard InChI is InChI=1S/C16H8BrFO4/c1-21-10-5-6(17)4-7(18)11(10)14-15(19)12-8-2-3-9(22-8)13(12)16(14)20/h2-5,14H,1H3. The number of rotatable bonds is 2. The van der Waals surface area contributed by atoms with Crippen molar-refractivity contribution in [1.82, 2.24) is 0 Å². The lowest BCUT2D eigenvalue weighted by atomic mass is 9.92. The Morgan fingerprint density at radius 2 is 1.73 bits per heavy atom. The largest absolute Gasteiger partial charge is 0.496 e. The lowest BCUT2D eigenvalue weighted by molar-refractivity contribution is 0.0885. The highest BCUT2D eigenvalue weighted by molar-refractivity contribution is 9.10. The molecule has 0 radical (unpaired) electrons. The van der Waals surface area contributed by atoms with Crippen molar-refractivity contribution in [3.05, 3.63) is 51.2 Å². The highest BCUT2D eigenvalue weighted by Crippen LogP contribution is 2.45. The molecule has 22 heavy (non-hydrogen) atoms. The van der Waals surface area contributed by atoms with E-state index < -0.39 is 23.3 Å². The molecule has 0 amide bonds. The van der Waals surface area contributed by atoms with Gasteiger partial charge in [0.05, 0.1) is 18.2 Å². The minimum Gasteiger partial charge on any atom is -0.496 e. The number of benzene rings is 2. The van der Waals surface area contributed by atoms with E-state index in [1.165, 1.54) is 19.2 Å². The number of halogens is 2. The second-order valence-corrected chi connectivity index (χ2v) is 5.99. The van der Waals surface area contributed by atoms with Gasteiger partial charge in [0.15, 0.2) is 11.6 Å². The topological polar surface area (TPSA) is 56.5 Å². The van der Waals surface area contributed by atoms with Gasteiger partial charge in [-0.05, 0) is 24.3 Å². The number of carbonyl (C=O) groups excluding carboxylic acids is 2. The molecule has 2 aromatic heterocycles. The van der Waals surface area contributed by atoms with E-state index in [1.807, 2.05) is 0 Å². The molecule has 0 unspecified atom stereocenters. The summed E-state index contributed by atoms with van der Waals surface area (Å²) in [5.74, 6) is -2.61. The zero-order chi connectivity index (χ0) is 15.6. The van der Waals surface area contributed by atoms with Crippen LogP contribution in [0.15, 0.2) is 33.2 Å². The smallest absolute Gasteiger partial charge is 0.183 e. The van der Waals surface area contributed by atoms with E-state index in [4.69, 9.17) is 9.15 Å². The number of ether oxygens (including phenoxy) is 1. The van der Waals surface area contributed by atoms with Gasteiger partial charge < -0.3 is 9.15 Å². The van der Waals surface area contributed by atoms with Crippen molar-refractivity contribution in [1.29, 1.82) is 0 Å². The molecule has 0 saturated carbocycles. The number of ketones is 2. The van der Waals surface area contributed by atoms with E-state index in [9.17, 15) is 14.0 Å². The minimum absolute atomic E-state index is 0.0318. The van der Waals surface area contributed by atoms with Crippen LogP contribution in [0.4, 0.5) is 4.39 Å². The Labute approximate surface area is 132 Å². The highest BCUT2D eigenvalue weighted by Gasteiger charge is 2.46. The fourth-order valence-electron chi connectivity index (χ4n) is 3.02. The highest BCUT2D eigenvalue weighted by atomic mass is 79.9. The Kier molecular flexibility index (Phi) is 2.69. The first-order valence-electron chi connectivity index (χ1n) is 6.49. The first kappa shape index (κ1) is 13.5. The molecule has 4 rings (SSSR count). The van der Waals surface area contributed by atoms with Crippen molar-refractivity contribution in [2.75, 3.05) is 7.11 Å². The molecule has 0 spiro atoms. The Morgan fingerprint density at radius 1 is 1.14 bits per heavy atom. The normalized spacial score (nSPS) is 15.0. The van der Waals surface area contributed by atoms with Crippen LogP contribution in [-0.2, 0) is 0 Å². The summed E-state index contributed by atoms with van der Waals surface area (Å²) in [6, 6.07) is 6.02. The molecule has 0 saturated heterocycles. The van der Waals surface area contributed by atoms with Gasteiger partial charge >= 0.3 is 0 Å². The van der Waals surface area contributed by atoms with Gasteiger partial charge in [-0.3, -0.25) is 9.59 Å². The zero-order valence-corrected chi connectivity index (χ0v) is 12.9. The van der Waals surface area contributed by atoms with Crippen molar-refractivity contribution in [2.24, 2.45) is 0 Å². The Balaban J connectivity index is 1.94. The maximum absolute atomic E-state index is 14.4. The first-order valence-corrected chi connectivity index (χ1v) is 7.28. The van der Waals surface area contributed by atoms with E-state index in [-0.39, 0.29) is 22.4 Å². The van der Waals surface area contributed by atoms with Gasteiger partial charge in [0, 0.05) is 10.0 Å². The fraction of sp³-hybridized carbons (Fsp3) is 0.125. The third kappa shape index (κ3) is 1.56. The van der Waals surface area contributed by atoms with E-state index in [0.29, 0.717) is 15.6 Å². The van der Waals surface area contributed by atoms with Gasteiger partial charge in [0.1, 0.15) is 28.7 Å². The summed E-state index contributed by atoms with van der Waals surface area (Å²) in [6.07, 6.45) is 0. The Bertz CT molecular complexity index is 898. The van der Waals surface area contributed by atoms with Crippen LogP contribution < -0.4 is 4.74 Å². The summed E-state index contributed by atoms with van der Waals surface area (Å²) in [4.78, 5) is 25.3. The third-order valence-electron chi connectivity index (χ3n) is 3.93. The van der Waals surface area contributed by atoms with Gasteiger partial charge in [0.2, 0.25) is 0 Å². The van der Waals surface area contributed by atoms with Crippen molar-refractivity contribution in [3.63, 3.8) is 0 Å². The summed E-state index contributed by atoms with van der Waals surface area (Å²) >= 11 is 3.17. The van der Waals surface area contributed by atoms with E-state index in [0.717, 1.165) is 0 Å². The van der Waals surface area contributed by atoms with Crippen molar-refractivity contribution in [2.45, 2.75) is 5.92 Å². The number of carbonyl (C=O) groups is 2. The summed E-state index contributed by atoms with van der Waals surface area (Å²) in [5.41, 5.74) is 1.19. The Hall–Kier alpha value is -2.21. The van der Waals surface area contributed by atoms with Crippen molar-refractivity contribution >= 4 is 38.7 Å². The molecular formula is C16H8BrFO4. The van der Waals surface area contributed by atoms with Gasteiger partial charge in [-0.25, -0.2) is 4.39 Å². The van der Waals surface area contributed by atoms with Crippen LogP contribution in [0.25, 0.3) is 11.2 Å². The summed E-state index contributed by atoms with van der Waals surface area (Å²) in [5, 5.41) is 0. The molecule has 1 aliphatic carbocycles. The molecule has 2 heterocycles. The summed E-state index contributed by atoms with van der Waals surface area (Å²) < 4.78 is 25.4. The minimum atomic E-state index is -1.22. The molecular weight excluding hydrogens is 355 g/mol. The number of hydrogen-bond acceptors (Lipinski definition) is 4. The maximum Gasteiger partial charge on any atom is 0.183 e. The van der Waals surface area contributed by atoms with Gasteiger partial charge in [-0.15, -0.1) is 0 Å². The molecule has 0 fully saturated rings. The lowest BCUT2D eigenvalue weighted by Gasteiger charge is -2.14. The summed E-state index contributed by atoms with van der Waals surface area (Å²) in [6.45, 7) is 0. The number of Topliss-reactive ketones (excluding diaryl/α,β-unsaturated/α-hetero) is 2. The molecule has 1 aromatic carbocycles. The predicted octanol–water partition coefficient (Wildman–Crippen LogP) is 3.94. The van der Waals surface area contributed by atoms with Gasteiger partial charge in [-0.1, -0.05) is 15.9 Å². The Morgan fingerprint density at radius 3 is 2.27 bits per heavy atom. The predicted molar refractivity (Wildman–Crippen MR) is 79.5 cm³/mol. The van der Waals surface area contributed by atoms with Crippen LogP contribution in [0.5, 0.6) is 5.75 Å². The molecule has 3 aromatic rings. The van der Waals surface area contributed by atoms with Crippen LogP contribution >= 0.6 is 15.9 Å². The molecule has 2 bridgehead atoms. The molecule has 0 aliphatic heterocycles. The van der Waals surface area contributed by atoms with Crippen molar-refractivity contribution in [3.8, 4) is 5.75 Å². The van der Waals surface area contributed by atoms with Crippen LogP contribution in [-0.4, -0.2) is 18.7 Å².